The van der Waals surface area contributed by atoms with E-state index in [0.29, 0.717) is 0 Å². The fraction of sp³-hybridized carbons (Fsp3) is 0. The average molecular weight is 158 g/mol. The molecule has 0 saturated heterocycles. The first-order valence-electron chi connectivity index (χ1n) is 2.73. The van der Waals surface area contributed by atoms with Gasteiger partial charge in [-0.25, -0.2) is 0 Å². The number of aromatic nitrogens is 3. The lowest BCUT2D eigenvalue weighted by atomic mass is 10.3. The molecule has 54 valence electrons. The van der Waals surface area contributed by atoms with Gasteiger partial charge in [0.15, 0.2) is 0 Å². The lowest BCUT2D eigenvalue weighted by Gasteiger charge is -2.03. The van der Waals surface area contributed by atoms with Gasteiger partial charge >= 0.3 is 17.1 Å². The summed E-state index contributed by atoms with van der Waals surface area (Å²) in [6, 6.07) is 0. The Hall–Kier alpha value is -1.40. The summed E-state index contributed by atoms with van der Waals surface area (Å²) in [5.74, 6) is 0. The molecule has 9 heteroatoms. The fourth-order valence-corrected chi connectivity index (χ4v) is 0.594. The monoisotopic (exact) mass is 159 g/mol. The van der Waals surface area contributed by atoms with Crippen molar-refractivity contribution in [3.8, 4) is 0 Å². The zero-order valence-corrected chi connectivity index (χ0v) is 5.80. The summed E-state index contributed by atoms with van der Waals surface area (Å²) in [5.41, 5.74) is -3.40. The van der Waals surface area contributed by atoms with Crippen molar-refractivity contribution >= 4 is 23.9 Å². The zero-order chi connectivity index (χ0) is 9.46. The molecule has 1 heterocycles. The third kappa shape index (κ3) is 0.974. The molecule has 0 atom stereocenters. The van der Waals surface area contributed by atoms with E-state index < -0.39 is 17.1 Å². The van der Waals surface area contributed by atoms with Crippen LogP contribution in [-0.2, 0) is 0 Å². The summed E-state index contributed by atoms with van der Waals surface area (Å²) in [6.07, 6.45) is 0. The largest absolute Gasteiger partial charge is 0.309 e. The molecule has 1 rings (SSSR count). The first-order chi connectivity index (χ1) is 5.46. The Morgan fingerprint density at radius 1 is 0.667 bits per heavy atom. The summed E-state index contributed by atoms with van der Waals surface area (Å²) in [4.78, 5) is 32.3. The quantitative estimate of drug-likeness (QED) is 0.361. The van der Waals surface area contributed by atoms with Crippen molar-refractivity contribution in [1.82, 2.24) is 13.4 Å². The van der Waals surface area contributed by atoms with Gasteiger partial charge in [-0.05, 0) is 0 Å². The molecule has 0 spiro atoms. The van der Waals surface area contributed by atoms with Crippen molar-refractivity contribution in [1.29, 1.82) is 0 Å². The lowest BCUT2D eigenvalue weighted by molar-refractivity contribution is 0.767. The summed E-state index contributed by atoms with van der Waals surface area (Å²) < 4.78 is 0.379. The summed E-state index contributed by atoms with van der Waals surface area (Å²) >= 11 is 0. The van der Waals surface area contributed by atoms with E-state index in [2.05, 4.69) is 0 Å². The third-order valence-electron chi connectivity index (χ3n) is 1.24. The van der Waals surface area contributed by atoms with Gasteiger partial charge < -0.3 is 13.4 Å². The second-order valence-electron chi connectivity index (χ2n) is 1.96. The molecule has 1 aromatic heterocycles. The third-order valence-corrected chi connectivity index (χ3v) is 1.24. The van der Waals surface area contributed by atoms with Crippen LogP contribution in [-0.4, -0.2) is 37.4 Å². The minimum absolute atomic E-state index is 0.126. The second-order valence-corrected chi connectivity index (χ2v) is 1.96. The lowest BCUT2D eigenvalue weighted by Crippen LogP contribution is -2.53. The Balaban J connectivity index is 4.00. The molecule has 0 aromatic carbocycles. The van der Waals surface area contributed by atoms with Crippen LogP contribution in [0.25, 0.3) is 0 Å². The van der Waals surface area contributed by atoms with E-state index in [1.165, 1.54) is 0 Å². The molecule has 6 nitrogen and oxygen atoms in total. The highest BCUT2D eigenvalue weighted by molar-refractivity contribution is 6.10. The summed E-state index contributed by atoms with van der Waals surface area (Å²) in [7, 11) is 14.7. The van der Waals surface area contributed by atoms with E-state index in [9.17, 15) is 14.4 Å². The average Bonchev–Trinajstić information content (AvgIpc) is 2.08. The predicted molar refractivity (Wildman–Crippen MR) is 42.7 cm³/mol. The molecule has 0 amide bonds. The van der Waals surface area contributed by atoms with E-state index in [-0.39, 0.29) is 13.4 Å². The Morgan fingerprint density at radius 2 is 0.833 bits per heavy atom. The molecule has 12 heavy (non-hydrogen) atoms. The molecule has 0 aliphatic heterocycles. The zero-order valence-electron chi connectivity index (χ0n) is 5.80. The van der Waals surface area contributed by atoms with E-state index in [0.717, 1.165) is 0 Å². The molecule has 0 saturated carbocycles. The number of rotatable bonds is 0. The normalized spacial score (nSPS) is 10.0. The van der Waals surface area contributed by atoms with Gasteiger partial charge in [-0.15, -0.1) is 0 Å². The molecule has 0 bridgehead atoms. The Bertz CT molecular complexity index is 381. The minimum Gasteiger partial charge on any atom is -0.306 e. The van der Waals surface area contributed by atoms with Crippen molar-refractivity contribution in [2.75, 3.05) is 0 Å². The Morgan fingerprint density at radius 3 is 1.00 bits per heavy atom. The molecule has 1 aromatic rings. The standard InChI is InChI=1S/C3B3N3O3/c4-7-1(10)8(5)3(12)9(6)2(7)11. The highest BCUT2D eigenvalue weighted by atomic mass is 16.2. The van der Waals surface area contributed by atoms with Gasteiger partial charge in [0.05, 0.1) is 0 Å². The van der Waals surface area contributed by atoms with E-state index in [1.807, 2.05) is 0 Å². The molecule has 0 fully saturated rings. The van der Waals surface area contributed by atoms with Crippen molar-refractivity contribution in [2.24, 2.45) is 0 Å². The molecule has 0 aliphatic carbocycles. The predicted octanol–water partition coefficient (Wildman–Crippen LogP) is -4.03. The van der Waals surface area contributed by atoms with E-state index in [1.54, 1.807) is 0 Å². The van der Waals surface area contributed by atoms with Gasteiger partial charge in [-0.3, -0.25) is 14.4 Å². The van der Waals surface area contributed by atoms with E-state index >= 15 is 0 Å². The summed E-state index contributed by atoms with van der Waals surface area (Å²) in [5, 5.41) is 0. The van der Waals surface area contributed by atoms with Crippen molar-refractivity contribution in [3.05, 3.63) is 31.5 Å². The molecular formula is C3B3N3O3. The highest BCUT2D eigenvalue weighted by Crippen LogP contribution is 1.55. The van der Waals surface area contributed by atoms with Crippen LogP contribution in [0.3, 0.4) is 0 Å². The molecule has 0 unspecified atom stereocenters. The topological polar surface area (TPSA) is 66.0 Å². The van der Waals surface area contributed by atoms with Crippen LogP contribution >= 0.6 is 0 Å². The van der Waals surface area contributed by atoms with Crippen LogP contribution in [0.4, 0.5) is 0 Å². The number of hydrogen-bond acceptors (Lipinski definition) is 3. The van der Waals surface area contributed by atoms with Crippen molar-refractivity contribution in [3.63, 3.8) is 0 Å². The van der Waals surface area contributed by atoms with Crippen LogP contribution in [0.1, 0.15) is 0 Å². The van der Waals surface area contributed by atoms with Crippen LogP contribution in [0.2, 0.25) is 0 Å². The molecule has 0 aliphatic rings. The van der Waals surface area contributed by atoms with Crippen LogP contribution in [0.5, 0.6) is 0 Å². The first-order valence-corrected chi connectivity index (χ1v) is 2.73. The SMILES string of the molecule is [B]n1c(=O)n([B])c(=O)n([B])c1=O. The van der Waals surface area contributed by atoms with Gasteiger partial charge in [-0.2, -0.15) is 0 Å². The molecule has 0 N–H and O–H groups in total. The van der Waals surface area contributed by atoms with Gasteiger partial charge in [0, 0.05) is 0 Å². The Kier molecular flexibility index (Phi) is 1.87. The van der Waals surface area contributed by atoms with Gasteiger partial charge in [0.25, 0.3) is 0 Å². The fourth-order valence-electron chi connectivity index (χ4n) is 0.594. The van der Waals surface area contributed by atoms with E-state index in [4.69, 9.17) is 23.9 Å². The van der Waals surface area contributed by atoms with Gasteiger partial charge in [0.2, 0.25) is 23.9 Å². The smallest absolute Gasteiger partial charge is 0.306 e. The maximum atomic E-state index is 10.8. The van der Waals surface area contributed by atoms with Crippen molar-refractivity contribution < 1.29 is 0 Å². The molecular weight excluding hydrogens is 158 g/mol. The van der Waals surface area contributed by atoms with Gasteiger partial charge in [-0.1, -0.05) is 0 Å². The maximum absolute atomic E-state index is 10.8. The van der Waals surface area contributed by atoms with Crippen molar-refractivity contribution in [2.45, 2.75) is 0 Å². The highest BCUT2D eigenvalue weighted by Gasteiger charge is 2.04. The maximum Gasteiger partial charge on any atom is 0.309 e. The van der Waals surface area contributed by atoms with Crippen LogP contribution in [0.15, 0.2) is 14.4 Å². The van der Waals surface area contributed by atoms with Crippen LogP contribution < -0.4 is 17.1 Å². The van der Waals surface area contributed by atoms with Crippen LogP contribution in [0, 0.1) is 0 Å². The Labute approximate surface area is 69.7 Å². The minimum atomic E-state index is -1.13. The first kappa shape index (κ1) is 8.70. The second kappa shape index (κ2) is 2.58. The number of nitrogens with zero attached hydrogens (tertiary/aromatic N) is 3. The summed E-state index contributed by atoms with van der Waals surface area (Å²) in [6.45, 7) is 0. The number of hydrogen-bond donors (Lipinski definition) is 0. The molecule has 6 radical (unpaired) electrons. The van der Waals surface area contributed by atoms with Gasteiger partial charge in [0.1, 0.15) is 0 Å².